The maximum Gasteiger partial charge on any atom is 0.303 e. The molecule has 0 spiro atoms. The Labute approximate surface area is 104 Å². The lowest BCUT2D eigenvalue weighted by Gasteiger charge is -2.04. The van der Waals surface area contributed by atoms with E-state index in [2.05, 4.69) is 11.9 Å². The SMILES string of the molecule is C=CSc1ccc(NC(=O)CCC(=O)O)cc1. The van der Waals surface area contributed by atoms with E-state index in [1.165, 1.54) is 11.8 Å². The minimum atomic E-state index is -0.974. The molecule has 1 rings (SSSR count). The highest BCUT2D eigenvalue weighted by atomic mass is 32.2. The molecular weight excluding hydrogens is 238 g/mol. The first-order chi connectivity index (χ1) is 8.11. The van der Waals surface area contributed by atoms with Crippen LogP contribution in [0.25, 0.3) is 0 Å². The number of carbonyl (C=O) groups excluding carboxylic acids is 1. The number of carboxylic acid groups (broad SMARTS) is 1. The first-order valence-electron chi connectivity index (χ1n) is 5.01. The Morgan fingerprint density at radius 2 is 1.94 bits per heavy atom. The molecule has 2 N–H and O–H groups in total. The number of benzene rings is 1. The molecule has 0 aliphatic carbocycles. The monoisotopic (exact) mass is 251 g/mol. The number of rotatable bonds is 6. The molecule has 1 aromatic rings. The number of amides is 1. The van der Waals surface area contributed by atoms with E-state index < -0.39 is 5.97 Å². The summed E-state index contributed by atoms with van der Waals surface area (Å²) in [5.41, 5.74) is 0.661. The molecule has 1 aromatic carbocycles. The van der Waals surface area contributed by atoms with E-state index >= 15 is 0 Å². The zero-order valence-electron chi connectivity index (χ0n) is 9.18. The summed E-state index contributed by atoms with van der Waals surface area (Å²) in [4.78, 5) is 22.6. The van der Waals surface area contributed by atoms with Gasteiger partial charge in [-0.3, -0.25) is 9.59 Å². The summed E-state index contributed by atoms with van der Waals surface area (Å²) < 4.78 is 0. The summed E-state index contributed by atoms with van der Waals surface area (Å²) >= 11 is 1.49. The van der Waals surface area contributed by atoms with Crippen LogP contribution in [-0.2, 0) is 9.59 Å². The number of anilines is 1. The third-order valence-corrected chi connectivity index (χ3v) is 2.63. The molecule has 0 aromatic heterocycles. The summed E-state index contributed by atoms with van der Waals surface area (Å²) in [5, 5.41) is 12.8. The van der Waals surface area contributed by atoms with Gasteiger partial charge < -0.3 is 10.4 Å². The van der Waals surface area contributed by atoms with Crippen molar-refractivity contribution in [1.29, 1.82) is 0 Å². The minimum Gasteiger partial charge on any atom is -0.481 e. The summed E-state index contributed by atoms with van der Waals surface area (Å²) in [6, 6.07) is 7.26. The molecule has 0 saturated carbocycles. The lowest BCUT2D eigenvalue weighted by atomic mass is 10.2. The molecule has 0 aliphatic rings. The van der Waals surface area contributed by atoms with Crippen molar-refractivity contribution in [3.05, 3.63) is 36.3 Å². The number of hydrogen-bond donors (Lipinski definition) is 2. The van der Waals surface area contributed by atoms with Gasteiger partial charge in [0, 0.05) is 17.0 Å². The molecule has 1 amide bonds. The molecule has 90 valence electrons. The molecule has 17 heavy (non-hydrogen) atoms. The minimum absolute atomic E-state index is 0.0154. The number of thioether (sulfide) groups is 1. The van der Waals surface area contributed by atoms with E-state index in [0.717, 1.165) is 4.90 Å². The molecule has 0 fully saturated rings. The predicted molar refractivity (Wildman–Crippen MR) is 68.0 cm³/mol. The van der Waals surface area contributed by atoms with Crippen LogP contribution >= 0.6 is 11.8 Å². The highest BCUT2D eigenvalue weighted by Crippen LogP contribution is 2.20. The summed E-state index contributed by atoms with van der Waals surface area (Å²) in [7, 11) is 0. The second kappa shape index (κ2) is 6.75. The van der Waals surface area contributed by atoms with Gasteiger partial charge in [-0.1, -0.05) is 18.3 Å². The largest absolute Gasteiger partial charge is 0.481 e. The van der Waals surface area contributed by atoms with Gasteiger partial charge in [0.15, 0.2) is 0 Å². The quantitative estimate of drug-likeness (QED) is 0.763. The fraction of sp³-hybridized carbons (Fsp3) is 0.167. The van der Waals surface area contributed by atoms with Crippen molar-refractivity contribution in [2.45, 2.75) is 17.7 Å². The van der Waals surface area contributed by atoms with Crippen LogP contribution in [0.3, 0.4) is 0 Å². The Morgan fingerprint density at radius 3 is 2.47 bits per heavy atom. The Bertz CT molecular complexity index is 414. The van der Waals surface area contributed by atoms with Crippen molar-refractivity contribution in [2.75, 3.05) is 5.32 Å². The van der Waals surface area contributed by atoms with Gasteiger partial charge in [0.1, 0.15) is 0 Å². The third-order valence-electron chi connectivity index (χ3n) is 1.92. The van der Waals surface area contributed by atoms with Crippen LogP contribution in [0, 0.1) is 0 Å². The fourth-order valence-corrected chi connectivity index (χ4v) is 1.64. The highest BCUT2D eigenvalue weighted by molar-refractivity contribution is 8.02. The van der Waals surface area contributed by atoms with Crippen molar-refractivity contribution >= 4 is 29.3 Å². The van der Waals surface area contributed by atoms with Crippen molar-refractivity contribution < 1.29 is 14.7 Å². The van der Waals surface area contributed by atoms with E-state index in [1.54, 1.807) is 17.5 Å². The zero-order chi connectivity index (χ0) is 12.7. The van der Waals surface area contributed by atoms with Crippen LogP contribution in [0.4, 0.5) is 5.69 Å². The fourth-order valence-electron chi connectivity index (χ4n) is 1.16. The highest BCUT2D eigenvalue weighted by Gasteiger charge is 2.05. The van der Waals surface area contributed by atoms with E-state index in [-0.39, 0.29) is 18.7 Å². The molecule has 0 saturated heterocycles. The number of hydrogen-bond acceptors (Lipinski definition) is 3. The number of carbonyl (C=O) groups is 2. The first-order valence-corrected chi connectivity index (χ1v) is 5.89. The molecular formula is C12H13NO3S. The van der Waals surface area contributed by atoms with Crippen LogP contribution in [-0.4, -0.2) is 17.0 Å². The molecule has 0 bridgehead atoms. The van der Waals surface area contributed by atoms with Gasteiger partial charge in [0.25, 0.3) is 0 Å². The van der Waals surface area contributed by atoms with Crippen molar-refractivity contribution in [3.63, 3.8) is 0 Å². The lowest BCUT2D eigenvalue weighted by molar-refractivity contribution is -0.138. The maximum absolute atomic E-state index is 11.3. The van der Waals surface area contributed by atoms with Crippen LogP contribution in [0.5, 0.6) is 0 Å². The Hall–Kier alpha value is -1.75. The number of carboxylic acids is 1. The third kappa shape index (κ3) is 5.21. The van der Waals surface area contributed by atoms with Gasteiger partial charge in [-0.25, -0.2) is 0 Å². The maximum atomic E-state index is 11.3. The van der Waals surface area contributed by atoms with Gasteiger partial charge in [-0.2, -0.15) is 0 Å². The van der Waals surface area contributed by atoms with Crippen molar-refractivity contribution in [2.24, 2.45) is 0 Å². The predicted octanol–water partition coefficient (Wildman–Crippen LogP) is 2.73. The summed E-state index contributed by atoms with van der Waals surface area (Å²) in [6.45, 7) is 3.61. The number of nitrogens with one attached hydrogen (secondary N) is 1. The molecule has 4 nitrogen and oxygen atoms in total. The smallest absolute Gasteiger partial charge is 0.303 e. The number of aliphatic carboxylic acids is 1. The van der Waals surface area contributed by atoms with Crippen LogP contribution in [0.2, 0.25) is 0 Å². The normalized spacial score (nSPS) is 9.65. The zero-order valence-corrected chi connectivity index (χ0v) is 10.00. The van der Waals surface area contributed by atoms with E-state index in [0.29, 0.717) is 5.69 Å². The first kappa shape index (κ1) is 13.3. The Morgan fingerprint density at radius 1 is 1.29 bits per heavy atom. The van der Waals surface area contributed by atoms with E-state index in [9.17, 15) is 9.59 Å². The van der Waals surface area contributed by atoms with Gasteiger partial charge in [-0.15, -0.1) is 0 Å². The van der Waals surface area contributed by atoms with Gasteiger partial charge in [0.2, 0.25) is 5.91 Å². The van der Waals surface area contributed by atoms with Crippen LogP contribution < -0.4 is 5.32 Å². The van der Waals surface area contributed by atoms with Gasteiger partial charge in [-0.05, 0) is 29.7 Å². The molecule has 0 aliphatic heterocycles. The van der Waals surface area contributed by atoms with Gasteiger partial charge >= 0.3 is 5.97 Å². The Balaban J connectivity index is 2.48. The molecule has 0 atom stereocenters. The molecule has 0 unspecified atom stereocenters. The van der Waals surface area contributed by atoms with Crippen molar-refractivity contribution in [1.82, 2.24) is 0 Å². The van der Waals surface area contributed by atoms with Crippen molar-refractivity contribution in [3.8, 4) is 0 Å². The standard InChI is InChI=1S/C12H13NO3S/c1-2-17-10-5-3-9(4-6-10)13-11(14)7-8-12(15)16/h2-6H,1,7-8H2,(H,13,14)(H,15,16). The second-order valence-electron chi connectivity index (χ2n) is 3.25. The lowest BCUT2D eigenvalue weighted by Crippen LogP contribution is -2.12. The molecule has 5 heteroatoms. The van der Waals surface area contributed by atoms with Crippen LogP contribution in [0.15, 0.2) is 41.1 Å². The second-order valence-corrected chi connectivity index (χ2v) is 4.29. The van der Waals surface area contributed by atoms with E-state index in [1.807, 2.05) is 12.1 Å². The molecule has 0 radical (unpaired) electrons. The molecule has 0 heterocycles. The van der Waals surface area contributed by atoms with E-state index in [4.69, 9.17) is 5.11 Å². The Kier molecular flexibility index (Phi) is 5.29. The summed E-state index contributed by atoms with van der Waals surface area (Å²) in [6.07, 6.45) is -0.172. The average Bonchev–Trinajstić information content (AvgIpc) is 2.29. The van der Waals surface area contributed by atoms with Crippen LogP contribution in [0.1, 0.15) is 12.8 Å². The summed E-state index contributed by atoms with van der Waals surface area (Å²) in [5.74, 6) is -1.27. The topological polar surface area (TPSA) is 66.4 Å². The average molecular weight is 251 g/mol. The van der Waals surface area contributed by atoms with Gasteiger partial charge in [0.05, 0.1) is 6.42 Å².